The molecule has 0 aliphatic carbocycles. The van der Waals surface area contributed by atoms with E-state index in [1.165, 1.54) is 0 Å². The Morgan fingerprint density at radius 3 is 2.58 bits per heavy atom. The number of hydrogen-bond acceptors (Lipinski definition) is 4. The monoisotopic (exact) mass is 229 g/mol. The minimum atomic E-state index is -1.14. The average Bonchev–Trinajstić information content (AvgIpc) is 1.82. The SMILES string of the molecule is O=[N+]([O-])C1=C(Cl)NC(Cl)=NC1Cl. The molecule has 1 unspecified atom stereocenters. The van der Waals surface area contributed by atoms with Gasteiger partial charge in [0.25, 0.3) is 0 Å². The number of amidine groups is 1. The molecule has 0 aromatic heterocycles. The highest BCUT2D eigenvalue weighted by Crippen LogP contribution is 2.22. The van der Waals surface area contributed by atoms with Crippen molar-refractivity contribution in [3.63, 3.8) is 0 Å². The first kappa shape index (κ1) is 9.57. The molecule has 8 heteroatoms. The van der Waals surface area contributed by atoms with Crippen LogP contribution in [0.25, 0.3) is 0 Å². The molecule has 5 nitrogen and oxygen atoms in total. The first-order valence-electron chi connectivity index (χ1n) is 2.71. The highest BCUT2D eigenvalue weighted by atomic mass is 35.5. The molecule has 1 atom stereocenters. The summed E-state index contributed by atoms with van der Waals surface area (Å²) in [5, 5.41) is 12.3. The normalized spacial score (nSPS) is 23.2. The van der Waals surface area contributed by atoms with E-state index in [1.54, 1.807) is 0 Å². The Kier molecular flexibility index (Phi) is 2.76. The molecule has 1 heterocycles. The molecule has 1 N–H and O–H groups in total. The maximum atomic E-state index is 10.3. The van der Waals surface area contributed by atoms with E-state index in [0.717, 1.165) is 0 Å². The van der Waals surface area contributed by atoms with Crippen LogP contribution in [-0.2, 0) is 0 Å². The van der Waals surface area contributed by atoms with Gasteiger partial charge < -0.3 is 5.32 Å². The summed E-state index contributed by atoms with van der Waals surface area (Å²) in [6.45, 7) is 0. The van der Waals surface area contributed by atoms with E-state index >= 15 is 0 Å². The molecule has 0 aromatic carbocycles. The number of hydrogen-bond donors (Lipinski definition) is 1. The van der Waals surface area contributed by atoms with Gasteiger partial charge in [0.05, 0.1) is 4.92 Å². The quantitative estimate of drug-likeness (QED) is 0.321. The maximum Gasteiger partial charge on any atom is 0.320 e. The van der Waals surface area contributed by atoms with Gasteiger partial charge in [-0.25, -0.2) is 4.99 Å². The highest BCUT2D eigenvalue weighted by molar-refractivity contribution is 6.65. The van der Waals surface area contributed by atoms with Crippen LogP contribution in [0.5, 0.6) is 0 Å². The lowest BCUT2D eigenvalue weighted by Crippen LogP contribution is -2.28. The van der Waals surface area contributed by atoms with Gasteiger partial charge in [0, 0.05) is 0 Å². The van der Waals surface area contributed by atoms with E-state index in [2.05, 4.69) is 10.3 Å². The lowest BCUT2D eigenvalue weighted by molar-refractivity contribution is -0.428. The third-order valence-electron chi connectivity index (χ3n) is 1.09. The van der Waals surface area contributed by atoms with Crippen LogP contribution in [0.15, 0.2) is 15.8 Å². The van der Waals surface area contributed by atoms with Gasteiger partial charge in [-0.3, -0.25) is 10.1 Å². The number of nitrogens with zero attached hydrogens (tertiary/aromatic N) is 2. The standard InChI is InChI=1S/C4H2Cl3N3O2/c5-2-1(10(11)12)3(6)9-4(7)8-2/h2H,(H,8,9). The van der Waals surface area contributed by atoms with E-state index < -0.39 is 16.1 Å². The lowest BCUT2D eigenvalue weighted by Gasteiger charge is -2.11. The lowest BCUT2D eigenvalue weighted by atomic mass is 10.4. The van der Waals surface area contributed by atoms with Crippen LogP contribution in [0, 0.1) is 10.1 Å². The van der Waals surface area contributed by atoms with Crippen molar-refractivity contribution < 1.29 is 4.92 Å². The van der Waals surface area contributed by atoms with Gasteiger partial charge in [-0.1, -0.05) is 23.2 Å². The molecule has 0 bridgehead atoms. The van der Waals surface area contributed by atoms with Gasteiger partial charge in [0.2, 0.25) is 5.50 Å². The van der Waals surface area contributed by atoms with Crippen molar-refractivity contribution in [3.8, 4) is 0 Å². The number of nitrogens with one attached hydrogen (secondary N) is 1. The summed E-state index contributed by atoms with van der Waals surface area (Å²) >= 11 is 16.3. The molecule has 1 rings (SSSR count). The van der Waals surface area contributed by atoms with Crippen molar-refractivity contribution in [2.24, 2.45) is 4.99 Å². The zero-order chi connectivity index (χ0) is 9.30. The molecule has 0 aromatic rings. The molecule has 0 fully saturated rings. The zero-order valence-electron chi connectivity index (χ0n) is 5.42. The minimum absolute atomic E-state index is 0.0643. The second-order valence-corrected chi connectivity index (χ2v) is 2.99. The van der Waals surface area contributed by atoms with Gasteiger partial charge in [-0.05, 0) is 11.6 Å². The smallest absolute Gasteiger partial charge is 0.316 e. The number of rotatable bonds is 1. The van der Waals surface area contributed by atoms with Crippen LogP contribution >= 0.6 is 34.8 Å². The van der Waals surface area contributed by atoms with E-state index in [9.17, 15) is 10.1 Å². The van der Waals surface area contributed by atoms with E-state index in [-0.39, 0.29) is 10.5 Å². The first-order chi connectivity index (χ1) is 5.52. The highest BCUT2D eigenvalue weighted by Gasteiger charge is 2.31. The van der Waals surface area contributed by atoms with Crippen LogP contribution in [-0.4, -0.2) is 15.7 Å². The predicted octanol–water partition coefficient (Wildman–Crippen LogP) is 1.43. The fraction of sp³-hybridized carbons (Fsp3) is 0.250. The molecule has 0 saturated heterocycles. The Morgan fingerprint density at radius 2 is 2.17 bits per heavy atom. The largest absolute Gasteiger partial charge is 0.320 e. The van der Waals surface area contributed by atoms with Crippen molar-refractivity contribution in [2.45, 2.75) is 5.50 Å². The Bertz CT molecular complexity index is 287. The number of alkyl halides is 1. The van der Waals surface area contributed by atoms with Crippen LogP contribution in [0.1, 0.15) is 0 Å². The summed E-state index contributed by atoms with van der Waals surface area (Å²) in [4.78, 5) is 13.1. The molecule has 66 valence electrons. The van der Waals surface area contributed by atoms with Crippen LogP contribution in [0.2, 0.25) is 0 Å². The van der Waals surface area contributed by atoms with Gasteiger partial charge >= 0.3 is 5.70 Å². The maximum absolute atomic E-state index is 10.3. The minimum Gasteiger partial charge on any atom is -0.316 e. The molecule has 12 heavy (non-hydrogen) atoms. The number of aliphatic imine (C=N–C) groups is 1. The van der Waals surface area contributed by atoms with Gasteiger partial charge in [0.15, 0.2) is 10.5 Å². The summed E-state index contributed by atoms with van der Waals surface area (Å²) < 4.78 is 0. The Balaban J connectivity index is 2.99. The number of halogens is 3. The molecule has 0 spiro atoms. The van der Waals surface area contributed by atoms with E-state index in [0.29, 0.717) is 0 Å². The molecule has 0 amide bonds. The Hall–Kier alpha value is -0.520. The fourth-order valence-electron chi connectivity index (χ4n) is 0.619. The van der Waals surface area contributed by atoms with Gasteiger partial charge in [-0.15, -0.1) is 0 Å². The second kappa shape index (κ2) is 3.47. The topological polar surface area (TPSA) is 67.5 Å². The van der Waals surface area contributed by atoms with Crippen LogP contribution in [0.3, 0.4) is 0 Å². The van der Waals surface area contributed by atoms with E-state index in [4.69, 9.17) is 34.8 Å². The first-order valence-corrected chi connectivity index (χ1v) is 3.90. The van der Waals surface area contributed by atoms with Crippen molar-refractivity contribution in [3.05, 3.63) is 21.0 Å². The molecule has 1 aliphatic heterocycles. The molecular formula is C4H2Cl3N3O2. The third kappa shape index (κ3) is 1.80. The predicted molar refractivity (Wildman–Crippen MR) is 45.9 cm³/mol. The van der Waals surface area contributed by atoms with Crippen molar-refractivity contribution >= 4 is 40.1 Å². The Labute approximate surface area is 82.1 Å². The molecular weight excluding hydrogens is 228 g/mol. The Morgan fingerprint density at radius 1 is 1.58 bits per heavy atom. The van der Waals surface area contributed by atoms with Gasteiger partial charge in [-0.2, -0.15) is 0 Å². The van der Waals surface area contributed by atoms with Gasteiger partial charge in [0.1, 0.15) is 0 Å². The van der Waals surface area contributed by atoms with Crippen LogP contribution < -0.4 is 5.32 Å². The summed E-state index contributed by atoms with van der Waals surface area (Å²) in [6, 6.07) is 0. The van der Waals surface area contributed by atoms with Crippen molar-refractivity contribution in [2.75, 3.05) is 0 Å². The number of nitro groups is 1. The summed E-state index contributed by atoms with van der Waals surface area (Å²) in [6.07, 6.45) is 0. The molecule has 0 radical (unpaired) electrons. The van der Waals surface area contributed by atoms with Crippen LogP contribution in [0.4, 0.5) is 0 Å². The zero-order valence-corrected chi connectivity index (χ0v) is 7.69. The van der Waals surface area contributed by atoms with Crippen molar-refractivity contribution in [1.29, 1.82) is 0 Å². The average molecular weight is 230 g/mol. The van der Waals surface area contributed by atoms with Crippen molar-refractivity contribution in [1.82, 2.24) is 5.32 Å². The fourth-order valence-corrected chi connectivity index (χ4v) is 1.51. The summed E-state index contributed by atoms with van der Waals surface area (Å²) in [5.74, 6) is 0. The summed E-state index contributed by atoms with van der Waals surface area (Å²) in [7, 11) is 0. The van der Waals surface area contributed by atoms with E-state index in [1.807, 2.05) is 0 Å². The summed E-state index contributed by atoms with van der Waals surface area (Å²) in [5.41, 5.74) is -1.54. The molecule has 0 saturated carbocycles. The molecule has 1 aliphatic rings. The second-order valence-electron chi connectivity index (χ2n) is 1.84. The third-order valence-corrected chi connectivity index (χ3v) is 1.87.